The predicted molar refractivity (Wildman–Crippen MR) is 97.0 cm³/mol. The maximum Gasteiger partial charge on any atom is 0.193 e. The molecule has 0 aliphatic rings. The average Bonchev–Trinajstić information content (AvgIpc) is 2.89. The van der Waals surface area contributed by atoms with E-state index >= 15 is 0 Å². The van der Waals surface area contributed by atoms with Crippen LogP contribution < -0.4 is 5.32 Å². The predicted octanol–water partition coefficient (Wildman–Crippen LogP) is 3.61. The smallest absolute Gasteiger partial charge is 0.193 e. The molecular formula is C14H26IN3S. The van der Waals surface area contributed by atoms with E-state index in [1.807, 2.05) is 18.4 Å². The zero-order valence-corrected chi connectivity index (χ0v) is 15.3. The molecule has 1 aromatic heterocycles. The van der Waals surface area contributed by atoms with Gasteiger partial charge in [-0.15, -0.1) is 35.3 Å². The van der Waals surface area contributed by atoms with E-state index in [-0.39, 0.29) is 24.0 Å². The van der Waals surface area contributed by atoms with Gasteiger partial charge in [0.2, 0.25) is 0 Å². The molecule has 110 valence electrons. The standard InChI is InChI=1S/C14H25N3S.HI/c1-4-5-6-10-16-14(15-2)17(3)11-9-13-8-7-12-18-13;/h7-8,12H,4-6,9-11H2,1-3H3,(H,15,16);1H. The molecule has 0 aromatic carbocycles. The van der Waals surface area contributed by atoms with Crippen LogP contribution in [0.5, 0.6) is 0 Å². The fraction of sp³-hybridized carbons (Fsp3) is 0.643. The van der Waals surface area contributed by atoms with Crippen molar-refractivity contribution in [1.82, 2.24) is 10.2 Å². The van der Waals surface area contributed by atoms with Gasteiger partial charge in [0.15, 0.2) is 5.96 Å². The zero-order valence-electron chi connectivity index (χ0n) is 12.2. The molecule has 0 amide bonds. The molecule has 3 nitrogen and oxygen atoms in total. The Kier molecular flexibility index (Phi) is 11.3. The van der Waals surface area contributed by atoms with Crippen molar-refractivity contribution in [2.24, 2.45) is 4.99 Å². The van der Waals surface area contributed by atoms with Crippen LogP contribution in [0.2, 0.25) is 0 Å². The van der Waals surface area contributed by atoms with Gasteiger partial charge in [0.1, 0.15) is 0 Å². The molecule has 0 aliphatic heterocycles. The maximum atomic E-state index is 4.32. The first kappa shape index (κ1) is 18.7. The Bertz CT molecular complexity index is 338. The lowest BCUT2D eigenvalue weighted by Crippen LogP contribution is -2.40. The van der Waals surface area contributed by atoms with E-state index in [9.17, 15) is 0 Å². The van der Waals surface area contributed by atoms with Crippen LogP contribution in [-0.2, 0) is 6.42 Å². The lowest BCUT2D eigenvalue weighted by Gasteiger charge is -2.21. The second-order valence-corrected chi connectivity index (χ2v) is 5.46. The molecule has 19 heavy (non-hydrogen) atoms. The molecular weight excluding hydrogens is 369 g/mol. The Morgan fingerprint density at radius 2 is 2.21 bits per heavy atom. The highest BCUT2D eigenvalue weighted by molar-refractivity contribution is 14.0. The van der Waals surface area contributed by atoms with Crippen molar-refractivity contribution in [1.29, 1.82) is 0 Å². The lowest BCUT2D eigenvalue weighted by atomic mass is 10.2. The number of hydrogen-bond donors (Lipinski definition) is 1. The van der Waals surface area contributed by atoms with Gasteiger partial charge >= 0.3 is 0 Å². The number of rotatable bonds is 7. The van der Waals surface area contributed by atoms with E-state index < -0.39 is 0 Å². The van der Waals surface area contributed by atoms with Crippen molar-refractivity contribution >= 4 is 41.3 Å². The van der Waals surface area contributed by atoms with Crippen LogP contribution >= 0.6 is 35.3 Å². The number of thiophene rings is 1. The molecule has 0 fully saturated rings. The van der Waals surface area contributed by atoms with E-state index in [4.69, 9.17) is 0 Å². The molecule has 0 saturated carbocycles. The Hall–Kier alpha value is -0.300. The number of nitrogens with zero attached hydrogens (tertiary/aromatic N) is 2. The Morgan fingerprint density at radius 1 is 1.42 bits per heavy atom. The van der Waals surface area contributed by atoms with Crippen molar-refractivity contribution in [3.05, 3.63) is 22.4 Å². The molecule has 0 aliphatic carbocycles. The lowest BCUT2D eigenvalue weighted by molar-refractivity contribution is 0.484. The van der Waals surface area contributed by atoms with Gasteiger partial charge in [0.25, 0.3) is 0 Å². The number of unbranched alkanes of at least 4 members (excludes halogenated alkanes) is 2. The quantitative estimate of drug-likeness (QED) is 0.331. The molecule has 0 radical (unpaired) electrons. The van der Waals surface area contributed by atoms with Crippen LogP contribution in [0.25, 0.3) is 0 Å². The Balaban J connectivity index is 0.00000324. The summed E-state index contributed by atoms with van der Waals surface area (Å²) in [5.74, 6) is 1.00. The summed E-state index contributed by atoms with van der Waals surface area (Å²) in [4.78, 5) is 7.95. The minimum atomic E-state index is 0. The Labute approximate surface area is 138 Å². The van der Waals surface area contributed by atoms with E-state index in [1.165, 1.54) is 24.1 Å². The highest BCUT2D eigenvalue weighted by atomic mass is 127. The first-order valence-corrected chi connectivity index (χ1v) is 7.60. The largest absolute Gasteiger partial charge is 0.356 e. The van der Waals surface area contributed by atoms with Gasteiger partial charge in [-0.3, -0.25) is 4.99 Å². The number of nitrogens with one attached hydrogen (secondary N) is 1. The van der Waals surface area contributed by atoms with Crippen LogP contribution in [0.1, 0.15) is 31.1 Å². The minimum absolute atomic E-state index is 0. The van der Waals surface area contributed by atoms with Crippen molar-refractivity contribution in [2.45, 2.75) is 32.6 Å². The minimum Gasteiger partial charge on any atom is -0.356 e. The summed E-state index contributed by atoms with van der Waals surface area (Å²) in [6.07, 6.45) is 4.84. The first-order chi connectivity index (χ1) is 8.77. The van der Waals surface area contributed by atoms with Crippen molar-refractivity contribution < 1.29 is 0 Å². The van der Waals surface area contributed by atoms with Crippen LogP contribution in [-0.4, -0.2) is 38.0 Å². The van der Waals surface area contributed by atoms with E-state index in [1.54, 1.807) is 0 Å². The molecule has 1 aromatic rings. The van der Waals surface area contributed by atoms with Gasteiger partial charge in [-0.2, -0.15) is 0 Å². The highest BCUT2D eigenvalue weighted by Crippen LogP contribution is 2.09. The summed E-state index contributed by atoms with van der Waals surface area (Å²) in [7, 11) is 3.95. The molecule has 0 spiro atoms. The fourth-order valence-electron chi connectivity index (χ4n) is 1.80. The van der Waals surface area contributed by atoms with E-state index in [0.717, 1.165) is 25.5 Å². The van der Waals surface area contributed by atoms with E-state index in [2.05, 4.69) is 46.7 Å². The number of aliphatic imine (C=N–C) groups is 1. The van der Waals surface area contributed by atoms with Gasteiger partial charge in [0.05, 0.1) is 0 Å². The van der Waals surface area contributed by atoms with Crippen molar-refractivity contribution in [3.8, 4) is 0 Å². The molecule has 5 heteroatoms. The number of halogens is 1. The number of guanidine groups is 1. The van der Waals surface area contributed by atoms with Gasteiger partial charge < -0.3 is 10.2 Å². The highest BCUT2D eigenvalue weighted by Gasteiger charge is 2.05. The van der Waals surface area contributed by atoms with Gasteiger partial charge in [-0.05, 0) is 24.3 Å². The van der Waals surface area contributed by atoms with Crippen LogP contribution in [0.3, 0.4) is 0 Å². The molecule has 0 bridgehead atoms. The Morgan fingerprint density at radius 3 is 2.79 bits per heavy atom. The third kappa shape index (κ3) is 7.77. The summed E-state index contributed by atoms with van der Waals surface area (Å²) in [5.41, 5.74) is 0. The van der Waals surface area contributed by atoms with Crippen molar-refractivity contribution in [3.63, 3.8) is 0 Å². The monoisotopic (exact) mass is 395 g/mol. The molecule has 1 rings (SSSR count). The summed E-state index contributed by atoms with van der Waals surface area (Å²) in [6, 6.07) is 4.30. The second kappa shape index (κ2) is 11.5. The first-order valence-electron chi connectivity index (χ1n) is 6.72. The molecule has 1 N–H and O–H groups in total. The summed E-state index contributed by atoms with van der Waals surface area (Å²) in [5, 5.41) is 5.55. The van der Waals surface area contributed by atoms with Crippen LogP contribution in [0.4, 0.5) is 0 Å². The van der Waals surface area contributed by atoms with E-state index in [0.29, 0.717) is 0 Å². The van der Waals surface area contributed by atoms with Gasteiger partial charge in [-0.25, -0.2) is 0 Å². The molecule has 0 atom stereocenters. The van der Waals surface area contributed by atoms with Crippen molar-refractivity contribution in [2.75, 3.05) is 27.2 Å². The maximum absolute atomic E-state index is 4.32. The molecule has 1 heterocycles. The third-order valence-electron chi connectivity index (χ3n) is 2.91. The normalized spacial score (nSPS) is 11.0. The number of hydrogen-bond acceptors (Lipinski definition) is 2. The fourth-order valence-corrected chi connectivity index (χ4v) is 2.50. The summed E-state index contributed by atoms with van der Waals surface area (Å²) < 4.78 is 0. The van der Waals surface area contributed by atoms with Crippen LogP contribution in [0.15, 0.2) is 22.5 Å². The molecule has 0 saturated heterocycles. The summed E-state index contributed by atoms with van der Waals surface area (Å²) in [6.45, 7) is 4.25. The number of likely N-dealkylation sites (N-methyl/N-ethyl adjacent to an activating group) is 1. The van der Waals surface area contributed by atoms with Crippen LogP contribution in [0, 0.1) is 0 Å². The average molecular weight is 395 g/mol. The topological polar surface area (TPSA) is 27.6 Å². The third-order valence-corrected chi connectivity index (χ3v) is 3.85. The second-order valence-electron chi connectivity index (χ2n) is 4.43. The van der Waals surface area contributed by atoms with Gasteiger partial charge in [0, 0.05) is 32.1 Å². The van der Waals surface area contributed by atoms with Gasteiger partial charge in [-0.1, -0.05) is 25.8 Å². The SMILES string of the molecule is CCCCCNC(=NC)N(C)CCc1cccs1.I. The summed E-state index contributed by atoms with van der Waals surface area (Å²) >= 11 is 1.82. The molecule has 0 unspecified atom stereocenters. The zero-order chi connectivity index (χ0) is 13.2.